The minimum Gasteiger partial charge on any atom is -0.322 e. The Morgan fingerprint density at radius 3 is 2.67 bits per heavy atom. The molecular weight excluding hydrogens is 150 g/mol. The molecular formula is C10H21NO. The topological polar surface area (TPSA) is 43.1 Å². The normalized spacial score (nSPS) is 22.1. The number of hydrogen-bond acceptors (Lipinski definition) is 2. The quantitative estimate of drug-likeness (QED) is 0.658. The Kier molecular flexibility index (Phi) is 4.30. The van der Waals surface area contributed by atoms with Gasteiger partial charge in [-0.3, -0.25) is 0 Å². The first kappa shape index (κ1) is 9.72. The van der Waals surface area contributed by atoms with Crippen LogP contribution >= 0.6 is 0 Å². The lowest BCUT2D eigenvalue weighted by Gasteiger charge is -2.21. The summed E-state index contributed by atoms with van der Waals surface area (Å²) < 4.78 is 0. The summed E-state index contributed by atoms with van der Waals surface area (Å²) in [5, 5.41) is 0. The fraction of sp³-hybridized carbons (Fsp3) is 0.900. The van der Waals surface area contributed by atoms with Crippen LogP contribution < -0.4 is 5.73 Å². The second-order valence-electron chi connectivity index (χ2n) is 3.88. The van der Waals surface area contributed by atoms with Crippen LogP contribution in [0.4, 0.5) is 0 Å². The minimum absolute atomic E-state index is 0. The van der Waals surface area contributed by atoms with Crippen molar-refractivity contribution < 1.29 is 6.22 Å². The Morgan fingerprint density at radius 1 is 1.42 bits per heavy atom. The van der Waals surface area contributed by atoms with Crippen LogP contribution in [0, 0.1) is 5.92 Å². The monoisotopic (exact) mass is 171 g/mol. The molecule has 72 valence electrons. The number of rotatable bonds is 4. The molecule has 0 heterocycles. The highest BCUT2D eigenvalue weighted by Gasteiger charge is 2.13. The summed E-state index contributed by atoms with van der Waals surface area (Å²) in [5.74, 6) is 0.852. The van der Waals surface area contributed by atoms with Gasteiger partial charge in [-0.05, 0) is 18.8 Å². The van der Waals surface area contributed by atoms with Gasteiger partial charge in [-0.2, -0.15) is 0 Å². The third-order valence-electron chi connectivity index (χ3n) is 2.81. The van der Waals surface area contributed by atoms with E-state index in [-0.39, 0.29) is 7.47 Å². The molecule has 0 bridgehead atoms. The van der Waals surface area contributed by atoms with Crippen molar-refractivity contribution in [1.82, 2.24) is 0 Å². The molecule has 1 fully saturated rings. The Hall–Kier alpha value is -0.370. The van der Waals surface area contributed by atoms with Crippen molar-refractivity contribution in [2.24, 2.45) is 11.7 Å². The second kappa shape index (κ2) is 5.31. The van der Waals surface area contributed by atoms with E-state index in [1.807, 2.05) is 0 Å². The van der Waals surface area contributed by atoms with Gasteiger partial charge in [0.15, 0.2) is 0 Å². The molecule has 0 aromatic rings. The summed E-state index contributed by atoms with van der Waals surface area (Å²) in [6.07, 6.45) is 9.76. The van der Waals surface area contributed by atoms with Gasteiger partial charge in [0.05, 0.1) is 6.04 Å². The molecule has 0 unspecified atom stereocenters. The average Bonchev–Trinajstić information content (AvgIpc) is 2.16. The molecule has 1 saturated carbocycles. The van der Waals surface area contributed by atoms with Crippen LogP contribution in [0.1, 0.15) is 46.4 Å². The van der Waals surface area contributed by atoms with E-state index in [1.54, 1.807) is 0 Å². The standard InChI is InChI=1S/C10H19NO.H2/c11-10(8-12)7-6-9-4-2-1-3-5-9;/h8-10H,1-7,11H2;1H/t10-;/m0./s1. The molecule has 1 aliphatic rings. The number of aldehydes is 1. The maximum atomic E-state index is 10.3. The maximum absolute atomic E-state index is 10.3. The van der Waals surface area contributed by atoms with Gasteiger partial charge in [0.25, 0.3) is 0 Å². The molecule has 0 radical (unpaired) electrons. The molecule has 0 saturated heterocycles. The van der Waals surface area contributed by atoms with Crippen LogP contribution in [0.3, 0.4) is 0 Å². The predicted octanol–water partition coefficient (Wildman–Crippen LogP) is 2.12. The van der Waals surface area contributed by atoms with Crippen molar-refractivity contribution in [1.29, 1.82) is 0 Å². The van der Waals surface area contributed by atoms with Crippen LogP contribution in [0.2, 0.25) is 0 Å². The predicted molar refractivity (Wildman–Crippen MR) is 52.0 cm³/mol. The van der Waals surface area contributed by atoms with Gasteiger partial charge in [-0.1, -0.05) is 32.1 Å². The molecule has 0 aliphatic heterocycles. The number of nitrogens with two attached hydrogens (primary N) is 1. The summed E-state index contributed by atoms with van der Waals surface area (Å²) in [6.45, 7) is 0. The van der Waals surface area contributed by atoms with E-state index >= 15 is 0 Å². The van der Waals surface area contributed by atoms with E-state index in [0.29, 0.717) is 0 Å². The summed E-state index contributed by atoms with van der Waals surface area (Å²) in [7, 11) is 0. The molecule has 1 rings (SSSR count). The molecule has 12 heavy (non-hydrogen) atoms. The second-order valence-corrected chi connectivity index (χ2v) is 3.88. The first-order chi connectivity index (χ1) is 5.83. The highest BCUT2D eigenvalue weighted by Crippen LogP contribution is 2.27. The lowest BCUT2D eigenvalue weighted by molar-refractivity contribution is -0.109. The molecule has 1 aliphatic carbocycles. The third-order valence-corrected chi connectivity index (χ3v) is 2.81. The van der Waals surface area contributed by atoms with Crippen molar-refractivity contribution in [3.05, 3.63) is 0 Å². The fourth-order valence-electron chi connectivity index (χ4n) is 1.97. The Bertz CT molecular complexity index is 135. The number of carbonyl (C=O) groups is 1. The van der Waals surface area contributed by atoms with Crippen LogP contribution in [-0.2, 0) is 4.79 Å². The zero-order valence-corrected chi connectivity index (χ0v) is 7.67. The van der Waals surface area contributed by atoms with Crippen LogP contribution in [0.15, 0.2) is 0 Å². The van der Waals surface area contributed by atoms with E-state index in [2.05, 4.69) is 0 Å². The largest absolute Gasteiger partial charge is 0.322 e. The summed E-state index contributed by atoms with van der Waals surface area (Å²) >= 11 is 0. The third kappa shape index (κ3) is 3.35. The smallest absolute Gasteiger partial charge is 0.136 e. The molecule has 1 atom stereocenters. The van der Waals surface area contributed by atoms with Crippen molar-refractivity contribution in [3.8, 4) is 0 Å². The van der Waals surface area contributed by atoms with Crippen LogP contribution in [-0.4, -0.2) is 12.3 Å². The van der Waals surface area contributed by atoms with Gasteiger partial charge in [-0.15, -0.1) is 0 Å². The SMILES string of the molecule is N[C@H](C=O)CCC1CCCCC1.[HH]. The van der Waals surface area contributed by atoms with E-state index in [1.165, 1.54) is 32.1 Å². The number of carbonyl (C=O) groups excluding carboxylic acids is 1. The Balaban J connectivity index is 0.00000144. The maximum Gasteiger partial charge on any atom is 0.136 e. The van der Waals surface area contributed by atoms with Gasteiger partial charge in [0.2, 0.25) is 0 Å². The van der Waals surface area contributed by atoms with Gasteiger partial charge in [-0.25, -0.2) is 0 Å². The Labute approximate surface area is 76.0 Å². The van der Waals surface area contributed by atoms with Crippen LogP contribution in [0.25, 0.3) is 0 Å². The van der Waals surface area contributed by atoms with Crippen molar-refractivity contribution in [2.75, 3.05) is 0 Å². The summed E-state index contributed by atoms with van der Waals surface area (Å²) in [5.41, 5.74) is 5.52. The van der Waals surface area contributed by atoms with E-state index in [0.717, 1.165) is 25.0 Å². The van der Waals surface area contributed by atoms with Gasteiger partial charge in [0.1, 0.15) is 6.29 Å². The van der Waals surface area contributed by atoms with Crippen molar-refractivity contribution in [3.63, 3.8) is 0 Å². The fourth-order valence-corrected chi connectivity index (χ4v) is 1.97. The first-order valence-corrected chi connectivity index (χ1v) is 5.04. The minimum atomic E-state index is -0.216. The van der Waals surface area contributed by atoms with Gasteiger partial charge < -0.3 is 10.5 Å². The average molecular weight is 171 g/mol. The van der Waals surface area contributed by atoms with Gasteiger partial charge in [0, 0.05) is 1.43 Å². The molecule has 2 nitrogen and oxygen atoms in total. The zero-order chi connectivity index (χ0) is 8.81. The molecule has 0 spiro atoms. The Morgan fingerprint density at radius 2 is 2.08 bits per heavy atom. The van der Waals surface area contributed by atoms with E-state index in [4.69, 9.17) is 5.73 Å². The lowest BCUT2D eigenvalue weighted by Crippen LogP contribution is -2.22. The van der Waals surface area contributed by atoms with Crippen LogP contribution in [0.5, 0.6) is 0 Å². The molecule has 0 amide bonds. The van der Waals surface area contributed by atoms with E-state index in [9.17, 15) is 4.79 Å². The zero-order valence-electron chi connectivity index (χ0n) is 7.67. The highest BCUT2D eigenvalue weighted by atomic mass is 16.1. The van der Waals surface area contributed by atoms with Gasteiger partial charge >= 0.3 is 0 Å². The summed E-state index contributed by atoms with van der Waals surface area (Å²) in [4.78, 5) is 10.3. The highest BCUT2D eigenvalue weighted by molar-refractivity contribution is 5.56. The van der Waals surface area contributed by atoms with E-state index < -0.39 is 0 Å². The molecule has 2 heteroatoms. The molecule has 2 N–H and O–H groups in total. The van der Waals surface area contributed by atoms with Crippen molar-refractivity contribution in [2.45, 2.75) is 51.0 Å². The van der Waals surface area contributed by atoms with Crippen molar-refractivity contribution >= 4 is 6.29 Å². The lowest BCUT2D eigenvalue weighted by atomic mass is 9.85. The summed E-state index contributed by atoms with van der Waals surface area (Å²) in [6, 6.07) is -0.216. The molecule has 0 aromatic heterocycles. The molecule has 0 aromatic carbocycles. The first-order valence-electron chi connectivity index (χ1n) is 5.04. The number of hydrogen-bond donors (Lipinski definition) is 1.